The number of pyridine rings is 1. The van der Waals surface area contributed by atoms with Gasteiger partial charge in [0.2, 0.25) is 0 Å². The lowest BCUT2D eigenvalue weighted by molar-refractivity contribution is 0.603. The average Bonchev–Trinajstić information content (AvgIpc) is 3.19. The maximum Gasteiger partial charge on any atom is 0.271 e. The molecule has 7 nitrogen and oxygen atoms in total. The molecule has 0 fully saturated rings. The van der Waals surface area contributed by atoms with Crippen molar-refractivity contribution in [2.75, 3.05) is 10.5 Å². The number of nitrogens with two attached hydrogens (primary N) is 3. The quantitative estimate of drug-likeness (QED) is 0.292. The zero-order valence-corrected chi connectivity index (χ0v) is 18.4. The van der Waals surface area contributed by atoms with E-state index in [4.69, 9.17) is 16.6 Å². The Morgan fingerprint density at radius 2 is 2.07 bits per heavy atom. The molecule has 0 saturated carbocycles. The van der Waals surface area contributed by atoms with Gasteiger partial charge in [0.1, 0.15) is 4.21 Å². The lowest BCUT2D eigenvalue weighted by Gasteiger charge is -2.09. The molecule has 3 rings (SSSR count). The van der Waals surface area contributed by atoms with Gasteiger partial charge in [-0.3, -0.25) is 14.8 Å². The number of thiophene rings is 1. The number of nitrogens with zero attached hydrogens (tertiary/aromatic N) is 1. The molecule has 0 aliphatic rings. The van der Waals surface area contributed by atoms with E-state index >= 15 is 0 Å². The maximum absolute atomic E-state index is 12.7. The van der Waals surface area contributed by atoms with E-state index in [9.17, 15) is 8.42 Å². The molecule has 0 atom stereocenters. The van der Waals surface area contributed by atoms with Crippen LogP contribution in [0.1, 0.15) is 10.4 Å². The Labute approximate surface area is 182 Å². The van der Waals surface area contributed by atoms with Crippen molar-refractivity contribution in [1.82, 2.24) is 4.98 Å². The van der Waals surface area contributed by atoms with E-state index in [0.717, 1.165) is 33.7 Å². The van der Waals surface area contributed by atoms with Gasteiger partial charge < -0.3 is 11.5 Å². The number of sulfonamides is 1. The predicted octanol–water partition coefficient (Wildman–Crippen LogP) is 3.68. The monoisotopic (exact) mass is 465 g/mol. The Hall–Kier alpha value is -2.18. The molecular formula is C18H19N5O2S4. The van der Waals surface area contributed by atoms with E-state index in [2.05, 4.69) is 9.71 Å². The number of thioether (sulfide) groups is 1. The zero-order valence-electron chi connectivity index (χ0n) is 15.1. The first-order valence-corrected chi connectivity index (χ1v) is 12.4. The first kappa shape index (κ1) is 21.5. The Bertz CT molecular complexity index is 1130. The van der Waals surface area contributed by atoms with Crippen LogP contribution in [0.25, 0.3) is 4.91 Å². The molecule has 0 unspecified atom stereocenters. The van der Waals surface area contributed by atoms with Crippen LogP contribution in [0, 0.1) is 0 Å². The molecule has 0 radical (unpaired) electrons. The summed E-state index contributed by atoms with van der Waals surface area (Å²) in [6.45, 7) is 0. The molecule has 2 aromatic heterocycles. The van der Waals surface area contributed by atoms with Gasteiger partial charge in [-0.15, -0.1) is 23.1 Å². The topological polar surface area (TPSA) is 137 Å². The SMILES string of the molecule is N/C=C(\SN)c1ccc(S(=O)(=O)Nc2cccc(CSc3cnccc3N)c2)s1. The molecule has 7 N–H and O–H groups in total. The summed E-state index contributed by atoms with van der Waals surface area (Å²) in [4.78, 5) is 6.26. The molecule has 0 saturated heterocycles. The highest BCUT2D eigenvalue weighted by Crippen LogP contribution is 2.32. The fourth-order valence-electron chi connectivity index (χ4n) is 2.38. The molecule has 0 amide bonds. The maximum atomic E-state index is 12.7. The molecule has 1 aromatic carbocycles. The van der Waals surface area contributed by atoms with Crippen molar-refractivity contribution in [3.63, 3.8) is 0 Å². The molecule has 0 spiro atoms. The molecule has 0 bridgehead atoms. The number of rotatable bonds is 8. The Balaban J connectivity index is 1.73. The minimum Gasteiger partial charge on any atom is -0.404 e. The first-order chi connectivity index (χ1) is 13.9. The van der Waals surface area contributed by atoms with Crippen molar-refractivity contribution >= 4 is 61.3 Å². The second-order valence-corrected chi connectivity index (χ2v) is 10.5. The minimum absolute atomic E-state index is 0.184. The van der Waals surface area contributed by atoms with Crippen molar-refractivity contribution in [2.45, 2.75) is 14.9 Å². The van der Waals surface area contributed by atoms with Gasteiger partial charge in [-0.2, -0.15) is 0 Å². The van der Waals surface area contributed by atoms with E-state index in [1.165, 1.54) is 24.0 Å². The molecule has 29 heavy (non-hydrogen) atoms. The lowest BCUT2D eigenvalue weighted by Crippen LogP contribution is -2.11. The van der Waals surface area contributed by atoms with E-state index in [1.54, 1.807) is 42.7 Å². The van der Waals surface area contributed by atoms with Crippen molar-refractivity contribution in [3.8, 4) is 0 Å². The van der Waals surface area contributed by atoms with Crippen molar-refractivity contribution in [2.24, 2.45) is 10.9 Å². The van der Waals surface area contributed by atoms with Crippen LogP contribution >= 0.6 is 35.0 Å². The third-order valence-electron chi connectivity index (χ3n) is 3.76. The van der Waals surface area contributed by atoms with Gasteiger partial charge in [-0.05, 0) is 47.8 Å². The summed E-state index contributed by atoms with van der Waals surface area (Å²) < 4.78 is 28.3. The van der Waals surface area contributed by atoms with E-state index < -0.39 is 10.0 Å². The van der Waals surface area contributed by atoms with Crippen LogP contribution in [0.15, 0.2) is 70.2 Å². The Morgan fingerprint density at radius 1 is 1.24 bits per heavy atom. The second-order valence-electron chi connectivity index (χ2n) is 5.78. The molecule has 0 aliphatic heterocycles. The smallest absolute Gasteiger partial charge is 0.271 e. The average molecular weight is 466 g/mol. The van der Waals surface area contributed by atoms with Crippen LogP contribution < -0.4 is 21.3 Å². The first-order valence-electron chi connectivity index (χ1n) is 8.26. The highest BCUT2D eigenvalue weighted by Gasteiger charge is 2.18. The number of benzene rings is 1. The van der Waals surface area contributed by atoms with E-state index in [0.29, 0.717) is 26.9 Å². The fourth-order valence-corrected chi connectivity index (χ4v) is 6.06. The molecule has 0 aliphatic carbocycles. The third-order valence-corrected chi connectivity index (χ3v) is 8.62. The number of nitrogen functional groups attached to an aromatic ring is 1. The molecule has 3 aromatic rings. The van der Waals surface area contributed by atoms with Gasteiger partial charge >= 0.3 is 0 Å². The zero-order chi connectivity index (χ0) is 20.9. The van der Waals surface area contributed by atoms with Crippen LogP contribution in [0.2, 0.25) is 0 Å². The summed E-state index contributed by atoms with van der Waals surface area (Å²) in [7, 11) is -3.72. The normalized spacial score (nSPS) is 12.1. The number of anilines is 2. The third kappa shape index (κ3) is 5.46. The fraction of sp³-hybridized carbons (Fsp3) is 0.0556. The minimum atomic E-state index is -3.72. The summed E-state index contributed by atoms with van der Waals surface area (Å²) in [5, 5.41) is 5.55. The summed E-state index contributed by atoms with van der Waals surface area (Å²) in [6, 6.07) is 12.2. The van der Waals surface area contributed by atoms with Gasteiger partial charge in [0.15, 0.2) is 0 Å². The van der Waals surface area contributed by atoms with Crippen molar-refractivity contribution < 1.29 is 8.42 Å². The van der Waals surface area contributed by atoms with Crippen molar-refractivity contribution in [3.05, 3.63) is 71.5 Å². The molecule has 2 heterocycles. The highest BCUT2D eigenvalue weighted by atomic mass is 32.2. The van der Waals surface area contributed by atoms with Gasteiger partial charge in [-0.25, -0.2) is 8.42 Å². The van der Waals surface area contributed by atoms with Crippen LogP contribution in [0.3, 0.4) is 0 Å². The summed E-state index contributed by atoms with van der Waals surface area (Å²) in [5.41, 5.74) is 13.6. The van der Waals surface area contributed by atoms with Crippen molar-refractivity contribution in [1.29, 1.82) is 0 Å². The Morgan fingerprint density at radius 3 is 2.79 bits per heavy atom. The molecule has 152 valence electrons. The van der Waals surface area contributed by atoms with Gasteiger partial charge in [0, 0.05) is 45.5 Å². The lowest BCUT2D eigenvalue weighted by atomic mass is 10.2. The standard InChI is InChI=1S/C18H19N5O2S4/c19-9-16(28-21)15-4-5-18(27-15)29(24,25)23-13-3-1-2-12(8-13)11-26-17-10-22-7-6-14(17)20/h1-10,23H,11,19,21H2,(H2,20,22)/b16-9-. The highest BCUT2D eigenvalue weighted by molar-refractivity contribution is 8.06. The number of aromatic nitrogens is 1. The molecular weight excluding hydrogens is 446 g/mol. The van der Waals surface area contributed by atoms with Gasteiger partial charge in [0.05, 0.1) is 4.91 Å². The number of hydrogen-bond acceptors (Lipinski definition) is 9. The van der Waals surface area contributed by atoms with Gasteiger partial charge in [0.25, 0.3) is 10.0 Å². The number of nitrogens with one attached hydrogen (secondary N) is 1. The summed E-state index contributed by atoms with van der Waals surface area (Å²) in [5.74, 6) is 0.632. The Kier molecular flexibility index (Phi) is 7.09. The molecule has 11 heteroatoms. The van der Waals surface area contributed by atoms with E-state index in [1.807, 2.05) is 6.07 Å². The van der Waals surface area contributed by atoms with Crippen LogP contribution in [-0.2, 0) is 15.8 Å². The van der Waals surface area contributed by atoms with Crippen LogP contribution in [0.5, 0.6) is 0 Å². The van der Waals surface area contributed by atoms with Crippen LogP contribution in [-0.4, -0.2) is 13.4 Å². The summed E-state index contributed by atoms with van der Waals surface area (Å²) in [6.07, 6.45) is 4.71. The van der Waals surface area contributed by atoms with E-state index in [-0.39, 0.29) is 4.21 Å². The van der Waals surface area contributed by atoms with Crippen LogP contribution in [0.4, 0.5) is 11.4 Å². The largest absolute Gasteiger partial charge is 0.404 e. The van der Waals surface area contributed by atoms with Gasteiger partial charge in [-0.1, -0.05) is 12.1 Å². The number of hydrogen-bond donors (Lipinski definition) is 4. The summed E-state index contributed by atoms with van der Waals surface area (Å²) >= 11 is 3.62. The predicted molar refractivity (Wildman–Crippen MR) is 124 cm³/mol. The second kappa shape index (κ2) is 9.55.